The van der Waals surface area contributed by atoms with E-state index in [9.17, 15) is 14.9 Å². The maximum Gasteiger partial charge on any atom is 0.270 e. The minimum Gasteiger partial charge on any atom is -0.377 e. The molecule has 134 valence electrons. The second-order valence-corrected chi connectivity index (χ2v) is 6.06. The normalized spacial score (nSPS) is 10.7. The SMILES string of the molecule is CN(C)c1ccc([N+](=O)[O-])cc1C(=O)NCCc1nc2ccccc2[nH]1. The van der Waals surface area contributed by atoms with Gasteiger partial charge in [-0.05, 0) is 18.2 Å². The number of anilines is 1. The molecule has 0 radical (unpaired) electrons. The summed E-state index contributed by atoms with van der Waals surface area (Å²) in [4.78, 5) is 32.4. The van der Waals surface area contributed by atoms with Crippen molar-refractivity contribution in [1.29, 1.82) is 0 Å². The summed E-state index contributed by atoms with van der Waals surface area (Å²) in [5, 5.41) is 13.8. The number of carbonyl (C=O) groups is 1. The number of hydrogen-bond acceptors (Lipinski definition) is 5. The van der Waals surface area contributed by atoms with Gasteiger partial charge in [0.2, 0.25) is 0 Å². The molecule has 1 heterocycles. The van der Waals surface area contributed by atoms with Crippen LogP contribution in [0.4, 0.5) is 11.4 Å². The summed E-state index contributed by atoms with van der Waals surface area (Å²) >= 11 is 0. The fourth-order valence-corrected chi connectivity index (χ4v) is 2.72. The summed E-state index contributed by atoms with van der Waals surface area (Å²) in [5.74, 6) is 0.423. The van der Waals surface area contributed by atoms with E-state index in [0.29, 0.717) is 18.7 Å². The Bertz CT molecular complexity index is 931. The van der Waals surface area contributed by atoms with Gasteiger partial charge in [0.1, 0.15) is 5.82 Å². The minimum atomic E-state index is -0.509. The zero-order valence-electron chi connectivity index (χ0n) is 14.5. The van der Waals surface area contributed by atoms with E-state index in [1.54, 1.807) is 25.1 Å². The lowest BCUT2D eigenvalue weighted by Crippen LogP contribution is -2.28. The first-order valence-electron chi connectivity index (χ1n) is 8.13. The van der Waals surface area contributed by atoms with Crippen molar-refractivity contribution in [2.75, 3.05) is 25.5 Å². The monoisotopic (exact) mass is 353 g/mol. The van der Waals surface area contributed by atoms with E-state index in [1.807, 2.05) is 24.3 Å². The van der Waals surface area contributed by atoms with E-state index in [-0.39, 0.29) is 17.2 Å². The highest BCUT2D eigenvalue weighted by molar-refractivity contribution is 6.00. The number of non-ortho nitro benzene ring substituents is 1. The number of hydrogen-bond donors (Lipinski definition) is 2. The summed E-state index contributed by atoms with van der Waals surface area (Å²) in [6.45, 7) is 0.369. The summed E-state index contributed by atoms with van der Waals surface area (Å²) < 4.78 is 0. The van der Waals surface area contributed by atoms with Gasteiger partial charge in [-0.1, -0.05) is 12.1 Å². The van der Waals surface area contributed by atoms with Crippen LogP contribution in [0.25, 0.3) is 11.0 Å². The predicted octanol–water partition coefficient (Wildman–Crippen LogP) is 2.51. The first-order valence-corrected chi connectivity index (χ1v) is 8.13. The number of amides is 1. The summed E-state index contributed by atoms with van der Waals surface area (Å²) in [6.07, 6.45) is 0.534. The van der Waals surface area contributed by atoms with Crippen LogP contribution in [0, 0.1) is 10.1 Å². The molecule has 3 rings (SSSR count). The van der Waals surface area contributed by atoms with Crippen molar-refractivity contribution in [3.05, 3.63) is 64.0 Å². The van der Waals surface area contributed by atoms with E-state index in [4.69, 9.17) is 0 Å². The zero-order valence-corrected chi connectivity index (χ0v) is 14.5. The maximum atomic E-state index is 12.5. The molecular formula is C18H19N5O3. The average Bonchev–Trinajstić information content (AvgIpc) is 3.03. The van der Waals surface area contributed by atoms with Gasteiger partial charge in [0.25, 0.3) is 11.6 Å². The van der Waals surface area contributed by atoms with Crippen LogP contribution in [-0.2, 0) is 6.42 Å². The molecule has 2 aromatic carbocycles. The van der Waals surface area contributed by atoms with Crippen molar-refractivity contribution in [1.82, 2.24) is 15.3 Å². The van der Waals surface area contributed by atoms with Crippen LogP contribution in [0.3, 0.4) is 0 Å². The van der Waals surface area contributed by atoms with Gasteiger partial charge in [-0.15, -0.1) is 0 Å². The summed E-state index contributed by atoms with van der Waals surface area (Å²) in [5.41, 5.74) is 2.61. The molecule has 8 nitrogen and oxygen atoms in total. The van der Waals surface area contributed by atoms with Crippen molar-refractivity contribution in [3.8, 4) is 0 Å². The second kappa shape index (κ2) is 7.22. The molecule has 1 amide bonds. The number of nitro benzene ring substituents is 1. The minimum absolute atomic E-state index is 0.113. The zero-order chi connectivity index (χ0) is 18.7. The van der Waals surface area contributed by atoms with Gasteiger partial charge in [0.05, 0.1) is 21.5 Å². The smallest absolute Gasteiger partial charge is 0.270 e. The third kappa shape index (κ3) is 3.64. The van der Waals surface area contributed by atoms with E-state index in [1.165, 1.54) is 12.1 Å². The number of nitro groups is 1. The molecular weight excluding hydrogens is 334 g/mol. The summed E-state index contributed by atoms with van der Waals surface area (Å²) in [7, 11) is 3.57. The molecule has 0 bridgehead atoms. The molecule has 0 spiro atoms. The topological polar surface area (TPSA) is 104 Å². The molecule has 0 saturated carbocycles. The maximum absolute atomic E-state index is 12.5. The number of aromatic amines is 1. The van der Waals surface area contributed by atoms with E-state index >= 15 is 0 Å². The van der Waals surface area contributed by atoms with Crippen molar-refractivity contribution >= 4 is 28.3 Å². The Morgan fingerprint density at radius 3 is 2.73 bits per heavy atom. The number of carbonyl (C=O) groups excluding carboxylic acids is 1. The molecule has 0 aliphatic rings. The van der Waals surface area contributed by atoms with E-state index in [2.05, 4.69) is 15.3 Å². The van der Waals surface area contributed by atoms with Crippen molar-refractivity contribution in [2.24, 2.45) is 0 Å². The average molecular weight is 353 g/mol. The van der Waals surface area contributed by atoms with E-state index in [0.717, 1.165) is 16.9 Å². The Balaban J connectivity index is 1.71. The van der Waals surface area contributed by atoms with Gasteiger partial charge in [0, 0.05) is 44.9 Å². The first kappa shape index (κ1) is 17.4. The Labute approximate surface area is 150 Å². The molecule has 0 atom stereocenters. The predicted molar refractivity (Wildman–Crippen MR) is 99.6 cm³/mol. The third-order valence-electron chi connectivity index (χ3n) is 4.00. The molecule has 1 aromatic heterocycles. The van der Waals surface area contributed by atoms with Crippen LogP contribution in [0.15, 0.2) is 42.5 Å². The Kier molecular flexibility index (Phi) is 4.83. The highest BCUT2D eigenvalue weighted by Gasteiger charge is 2.17. The van der Waals surface area contributed by atoms with Gasteiger partial charge in [-0.3, -0.25) is 14.9 Å². The quantitative estimate of drug-likeness (QED) is 0.523. The lowest BCUT2D eigenvalue weighted by Gasteiger charge is -2.16. The number of imidazole rings is 1. The van der Waals surface area contributed by atoms with Gasteiger partial charge >= 0.3 is 0 Å². The summed E-state index contributed by atoms with van der Waals surface area (Å²) in [6, 6.07) is 12.0. The van der Waals surface area contributed by atoms with E-state index < -0.39 is 4.92 Å². The number of nitrogens with zero attached hydrogens (tertiary/aromatic N) is 3. The molecule has 0 aliphatic carbocycles. The van der Waals surface area contributed by atoms with Gasteiger partial charge in [-0.2, -0.15) is 0 Å². The number of aromatic nitrogens is 2. The standard InChI is InChI=1S/C18H19N5O3/c1-22(2)16-8-7-12(23(25)26)11-13(16)18(24)19-10-9-17-20-14-5-3-4-6-15(14)21-17/h3-8,11H,9-10H2,1-2H3,(H,19,24)(H,20,21). The highest BCUT2D eigenvalue weighted by atomic mass is 16.6. The lowest BCUT2D eigenvalue weighted by atomic mass is 10.1. The van der Waals surface area contributed by atoms with Crippen LogP contribution in [-0.4, -0.2) is 41.4 Å². The van der Waals surface area contributed by atoms with Gasteiger partial charge in [0.15, 0.2) is 0 Å². The largest absolute Gasteiger partial charge is 0.377 e. The molecule has 0 unspecified atom stereocenters. The Morgan fingerprint density at radius 2 is 2.04 bits per heavy atom. The molecule has 0 aliphatic heterocycles. The molecule has 26 heavy (non-hydrogen) atoms. The number of nitrogens with one attached hydrogen (secondary N) is 2. The van der Waals surface area contributed by atoms with Crippen LogP contribution in [0.5, 0.6) is 0 Å². The first-order chi connectivity index (χ1) is 12.5. The second-order valence-electron chi connectivity index (χ2n) is 6.06. The van der Waals surface area contributed by atoms with Crippen LogP contribution in [0.2, 0.25) is 0 Å². The number of H-pyrrole nitrogens is 1. The van der Waals surface area contributed by atoms with Crippen molar-refractivity contribution < 1.29 is 9.72 Å². The number of benzene rings is 2. The van der Waals surface area contributed by atoms with Crippen molar-refractivity contribution in [3.63, 3.8) is 0 Å². The third-order valence-corrected chi connectivity index (χ3v) is 4.00. The van der Waals surface area contributed by atoms with Crippen molar-refractivity contribution in [2.45, 2.75) is 6.42 Å². The Hall–Kier alpha value is -3.42. The lowest BCUT2D eigenvalue weighted by molar-refractivity contribution is -0.384. The molecule has 3 aromatic rings. The van der Waals surface area contributed by atoms with Crippen LogP contribution < -0.4 is 10.2 Å². The molecule has 8 heteroatoms. The molecule has 0 saturated heterocycles. The number of para-hydroxylation sites is 2. The van der Waals surface area contributed by atoms with Crippen LogP contribution in [0.1, 0.15) is 16.2 Å². The van der Waals surface area contributed by atoms with Gasteiger partial charge in [-0.25, -0.2) is 4.98 Å². The van der Waals surface area contributed by atoms with Gasteiger partial charge < -0.3 is 15.2 Å². The number of fused-ring (bicyclic) bond motifs is 1. The Morgan fingerprint density at radius 1 is 1.27 bits per heavy atom. The molecule has 2 N–H and O–H groups in total. The number of rotatable bonds is 6. The molecule has 0 fully saturated rings. The highest BCUT2D eigenvalue weighted by Crippen LogP contribution is 2.24. The van der Waals surface area contributed by atoms with Crippen LogP contribution >= 0.6 is 0 Å². The fourth-order valence-electron chi connectivity index (χ4n) is 2.72. The fraction of sp³-hybridized carbons (Fsp3) is 0.222.